The third-order valence-corrected chi connectivity index (χ3v) is 3.50. The minimum absolute atomic E-state index is 0.0296. The number of nitrogens with zero attached hydrogens (tertiary/aromatic N) is 2. The zero-order chi connectivity index (χ0) is 13.8. The number of hydrogen-bond donors (Lipinski definition) is 0. The van der Waals surface area contributed by atoms with Gasteiger partial charge >= 0.3 is 0 Å². The molecule has 0 aromatic heterocycles. The molecule has 1 aromatic rings. The fourth-order valence-electron chi connectivity index (χ4n) is 2.26. The van der Waals surface area contributed by atoms with Gasteiger partial charge in [-0.3, -0.25) is 9.59 Å². The van der Waals surface area contributed by atoms with E-state index in [1.165, 1.54) is 0 Å². The molecular formula is C15H20N2O2. The van der Waals surface area contributed by atoms with Gasteiger partial charge < -0.3 is 9.80 Å². The molecule has 1 fully saturated rings. The Hall–Kier alpha value is -1.84. The van der Waals surface area contributed by atoms with Crippen LogP contribution in [0.3, 0.4) is 0 Å². The van der Waals surface area contributed by atoms with Gasteiger partial charge in [-0.1, -0.05) is 13.8 Å². The number of piperazine rings is 1. The molecule has 19 heavy (non-hydrogen) atoms. The van der Waals surface area contributed by atoms with Gasteiger partial charge in [0, 0.05) is 43.3 Å². The Kier molecular flexibility index (Phi) is 4.20. The third-order valence-electron chi connectivity index (χ3n) is 3.50. The smallest absolute Gasteiger partial charge is 0.209 e. The number of carbonyl (C=O) groups is 2. The summed E-state index contributed by atoms with van der Waals surface area (Å²) in [7, 11) is 0. The number of Topliss-reactive ketones (excluding diaryl/α,β-unsaturated/α-hetero) is 1. The Morgan fingerprint density at radius 3 is 2.16 bits per heavy atom. The van der Waals surface area contributed by atoms with Crippen molar-refractivity contribution in [3.05, 3.63) is 29.8 Å². The Morgan fingerprint density at radius 2 is 1.68 bits per heavy atom. The lowest BCUT2D eigenvalue weighted by molar-refractivity contribution is -0.118. The summed E-state index contributed by atoms with van der Waals surface area (Å²) in [5, 5.41) is 0. The molecule has 0 spiro atoms. The van der Waals surface area contributed by atoms with Crippen molar-refractivity contribution in [3.8, 4) is 0 Å². The van der Waals surface area contributed by atoms with Gasteiger partial charge in [-0.2, -0.15) is 0 Å². The molecule has 1 aliphatic rings. The predicted molar refractivity (Wildman–Crippen MR) is 75.5 cm³/mol. The number of anilines is 1. The molecule has 1 saturated heterocycles. The molecule has 102 valence electrons. The highest BCUT2D eigenvalue weighted by Gasteiger charge is 2.16. The highest BCUT2D eigenvalue weighted by atomic mass is 16.1. The van der Waals surface area contributed by atoms with Crippen molar-refractivity contribution in [1.29, 1.82) is 0 Å². The van der Waals surface area contributed by atoms with Crippen molar-refractivity contribution in [2.45, 2.75) is 13.8 Å². The summed E-state index contributed by atoms with van der Waals surface area (Å²) in [4.78, 5) is 26.5. The zero-order valence-electron chi connectivity index (χ0n) is 11.5. The average molecular weight is 260 g/mol. The molecule has 1 heterocycles. The van der Waals surface area contributed by atoms with Crippen LogP contribution in [0.25, 0.3) is 0 Å². The van der Waals surface area contributed by atoms with E-state index >= 15 is 0 Å². The van der Waals surface area contributed by atoms with Crippen LogP contribution in [0, 0.1) is 5.92 Å². The molecule has 1 amide bonds. The van der Waals surface area contributed by atoms with Crippen LogP contribution >= 0.6 is 0 Å². The van der Waals surface area contributed by atoms with Crippen molar-refractivity contribution in [2.24, 2.45) is 5.92 Å². The lowest BCUT2D eigenvalue weighted by Gasteiger charge is -2.34. The fourth-order valence-corrected chi connectivity index (χ4v) is 2.26. The molecule has 1 aromatic carbocycles. The second-order valence-corrected chi connectivity index (χ2v) is 5.19. The Labute approximate surface area is 114 Å². The first kappa shape index (κ1) is 13.6. The Morgan fingerprint density at radius 1 is 1.11 bits per heavy atom. The summed E-state index contributed by atoms with van der Waals surface area (Å²) in [5.41, 5.74) is 1.89. The molecule has 0 radical (unpaired) electrons. The van der Waals surface area contributed by atoms with Gasteiger partial charge in [0.15, 0.2) is 5.78 Å². The quantitative estimate of drug-likeness (QED) is 0.612. The maximum Gasteiger partial charge on any atom is 0.209 e. The van der Waals surface area contributed by atoms with E-state index in [1.54, 1.807) is 4.90 Å². The van der Waals surface area contributed by atoms with E-state index in [4.69, 9.17) is 0 Å². The predicted octanol–water partition coefficient (Wildman–Crippen LogP) is 1.80. The van der Waals surface area contributed by atoms with Crippen LogP contribution < -0.4 is 4.90 Å². The van der Waals surface area contributed by atoms with E-state index in [-0.39, 0.29) is 11.7 Å². The Bertz CT molecular complexity index is 446. The van der Waals surface area contributed by atoms with Crippen molar-refractivity contribution < 1.29 is 9.59 Å². The summed E-state index contributed by atoms with van der Waals surface area (Å²) in [5.74, 6) is 0.208. The van der Waals surface area contributed by atoms with E-state index in [0.29, 0.717) is 0 Å². The van der Waals surface area contributed by atoms with E-state index in [2.05, 4.69) is 4.90 Å². The zero-order valence-corrected chi connectivity index (χ0v) is 11.5. The number of benzene rings is 1. The van der Waals surface area contributed by atoms with Crippen molar-refractivity contribution in [1.82, 2.24) is 4.90 Å². The van der Waals surface area contributed by atoms with Gasteiger partial charge in [-0.25, -0.2) is 0 Å². The number of rotatable bonds is 4. The summed E-state index contributed by atoms with van der Waals surface area (Å²) >= 11 is 0. The van der Waals surface area contributed by atoms with Crippen LogP contribution in [0.15, 0.2) is 24.3 Å². The largest absolute Gasteiger partial charge is 0.368 e. The summed E-state index contributed by atoms with van der Waals surface area (Å²) in [6.07, 6.45) is 0.905. The highest BCUT2D eigenvalue weighted by Crippen LogP contribution is 2.18. The first-order valence-corrected chi connectivity index (χ1v) is 6.70. The maximum atomic E-state index is 11.9. The van der Waals surface area contributed by atoms with Crippen LogP contribution in [0.5, 0.6) is 0 Å². The average Bonchev–Trinajstić information content (AvgIpc) is 2.46. The lowest BCUT2D eigenvalue weighted by atomic mass is 10.0. The third kappa shape index (κ3) is 3.13. The van der Waals surface area contributed by atoms with Gasteiger partial charge in [0.25, 0.3) is 0 Å². The highest BCUT2D eigenvalue weighted by molar-refractivity contribution is 5.97. The topological polar surface area (TPSA) is 40.6 Å². The van der Waals surface area contributed by atoms with Crippen LogP contribution in [0.4, 0.5) is 5.69 Å². The van der Waals surface area contributed by atoms with E-state index < -0.39 is 0 Å². The molecule has 1 aliphatic heterocycles. The molecule has 0 aliphatic carbocycles. The SMILES string of the molecule is CC(C)C(=O)c1ccc(N2CCN(C=O)CC2)cc1. The van der Waals surface area contributed by atoms with Crippen LogP contribution in [-0.2, 0) is 4.79 Å². The molecule has 0 unspecified atom stereocenters. The number of hydrogen-bond acceptors (Lipinski definition) is 3. The van der Waals surface area contributed by atoms with Crippen LogP contribution in [-0.4, -0.2) is 43.3 Å². The fraction of sp³-hybridized carbons (Fsp3) is 0.467. The molecule has 4 heteroatoms. The van der Waals surface area contributed by atoms with Gasteiger partial charge in [0.1, 0.15) is 0 Å². The van der Waals surface area contributed by atoms with Crippen molar-refractivity contribution >= 4 is 17.9 Å². The summed E-state index contributed by atoms with van der Waals surface area (Å²) in [6.45, 7) is 7.03. The molecule has 0 bridgehead atoms. The molecule has 2 rings (SSSR count). The van der Waals surface area contributed by atoms with Crippen molar-refractivity contribution in [3.63, 3.8) is 0 Å². The first-order valence-electron chi connectivity index (χ1n) is 6.70. The second kappa shape index (κ2) is 5.87. The van der Waals surface area contributed by atoms with Gasteiger partial charge in [0.05, 0.1) is 0 Å². The number of amides is 1. The molecule has 4 nitrogen and oxygen atoms in total. The normalized spacial score (nSPS) is 15.7. The molecular weight excluding hydrogens is 240 g/mol. The van der Waals surface area contributed by atoms with E-state index in [1.807, 2.05) is 38.1 Å². The molecule has 0 saturated carbocycles. The number of ketones is 1. The van der Waals surface area contributed by atoms with Gasteiger partial charge in [-0.15, -0.1) is 0 Å². The van der Waals surface area contributed by atoms with Crippen LogP contribution in [0.1, 0.15) is 24.2 Å². The van der Waals surface area contributed by atoms with E-state index in [9.17, 15) is 9.59 Å². The summed E-state index contributed by atoms with van der Waals surface area (Å²) in [6, 6.07) is 7.77. The number of carbonyl (C=O) groups excluding carboxylic acids is 2. The van der Waals surface area contributed by atoms with Gasteiger partial charge in [-0.05, 0) is 24.3 Å². The monoisotopic (exact) mass is 260 g/mol. The van der Waals surface area contributed by atoms with Gasteiger partial charge in [0.2, 0.25) is 6.41 Å². The molecule has 0 N–H and O–H groups in total. The van der Waals surface area contributed by atoms with Crippen molar-refractivity contribution in [2.75, 3.05) is 31.1 Å². The standard InChI is InChI=1S/C15H20N2O2/c1-12(2)15(19)13-3-5-14(6-4-13)17-9-7-16(11-18)8-10-17/h3-6,11-12H,7-10H2,1-2H3. The summed E-state index contributed by atoms with van der Waals surface area (Å²) < 4.78 is 0. The first-order chi connectivity index (χ1) is 9.11. The second-order valence-electron chi connectivity index (χ2n) is 5.19. The lowest BCUT2D eigenvalue weighted by Crippen LogP contribution is -2.45. The minimum Gasteiger partial charge on any atom is -0.368 e. The van der Waals surface area contributed by atoms with E-state index in [0.717, 1.165) is 43.8 Å². The minimum atomic E-state index is 0.0296. The maximum absolute atomic E-state index is 11.9. The Balaban J connectivity index is 2.03. The molecule has 0 atom stereocenters. The van der Waals surface area contributed by atoms with Crippen LogP contribution in [0.2, 0.25) is 0 Å².